The van der Waals surface area contributed by atoms with Crippen molar-refractivity contribution in [3.05, 3.63) is 41.7 Å². The van der Waals surface area contributed by atoms with Crippen molar-refractivity contribution in [2.45, 2.75) is 64.2 Å². The Morgan fingerprint density at radius 2 is 1.93 bits per heavy atom. The van der Waals surface area contributed by atoms with E-state index in [-0.39, 0.29) is 11.6 Å². The number of carbonyl (C=O) groups is 1. The lowest BCUT2D eigenvalue weighted by atomic mass is 9.77. The van der Waals surface area contributed by atoms with Crippen LogP contribution in [0.25, 0.3) is 0 Å². The third-order valence-electron chi connectivity index (χ3n) is 5.17. The van der Waals surface area contributed by atoms with E-state index in [1.54, 1.807) is 12.1 Å². The van der Waals surface area contributed by atoms with Gasteiger partial charge in [0, 0.05) is 12.6 Å². The van der Waals surface area contributed by atoms with Crippen LogP contribution in [0.3, 0.4) is 0 Å². The van der Waals surface area contributed by atoms with Crippen molar-refractivity contribution in [3.63, 3.8) is 0 Å². The van der Waals surface area contributed by atoms with Gasteiger partial charge < -0.3 is 10.0 Å². The smallest absolute Gasteiger partial charge is 0.146 e. The molecule has 0 spiro atoms. The van der Waals surface area contributed by atoms with Crippen LogP contribution in [0.15, 0.2) is 30.4 Å². The van der Waals surface area contributed by atoms with Crippen molar-refractivity contribution in [2.24, 2.45) is 5.92 Å². The lowest BCUT2D eigenvalue weighted by Crippen LogP contribution is -2.14. The van der Waals surface area contributed by atoms with Crippen LogP contribution >= 0.6 is 0 Å². The molecule has 1 aliphatic rings. The topological polar surface area (TPSA) is 40.5 Å². The maximum absolute atomic E-state index is 13.8. The van der Waals surface area contributed by atoms with E-state index in [4.69, 9.17) is 0 Å². The van der Waals surface area contributed by atoms with E-state index in [0.29, 0.717) is 18.0 Å². The minimum absolute atomic E-state index is 0.0227. The summed E-state index contributed by atoms with van der Waals surface area (Å²) in [6.07, 6.45) is 10.7. The van der Waals surface area contributed by atoms with Gasteiger partial charge in [-0.15, -0.1) is 0 Å². The molecule has 4 heteroatoms. The highest BCUT2D eigenvalue weighted by Crippen LogP contribution is 2.39. The van der Waals surface area contributed by atoms with Gasteiger partial charge in [0.2, 0.25) is 0 Å². The molecule has 0 atom stereocenters. The van der Waals surface area contributed by atoms with Gasteiger partial charge in [0.1, 0.15) is 17.9 Å². The Balaban J connectivity index is 0.000000387. The summed E-state index contributed by atoms with van der Waals surface area (Å²) in [4.78, 5) is 11.8. The van der Waals surface area contributed by atoms with Gasteiger partial charge in [0.25, 0.3) is 0 Å². The number of hydrogen-bond acceptors (Lipinski definition) is 3. The van der Waals surface area contributed by atoms with Crippen molar-refractivity contribution in [1.82, 2.24) is 4.90 Å². The molecule has 0 amide bonds. The zero-order valence-corrected chi connectivity index (χ0v) is 17.2. The first kappa shape index (κ1) is 23.4. The summed E-state index contributed by atoms with van der Waals surface area (Å²) in [7, 11) is 3.80. The second-order valence-electron chi connectivity index (χ2n) is 7.93. The first-order chi connectivity index (χ1) is 12.9. The minimum Gasteiger partial charge on any atom is -0.508 e. The van der Waals surface area contributed by atoms with Gasteiger partial charge in [0.05, 0.1) is 0 Å². The molecule has 0 unspecified atom stereocenters. The molecule has 0 heterocycles. The number of hydrogen-bond donors (Lipinski definition) is 1. The van der Waals surface area contributed by atoms with Crippen LogP contribution in [0, 0.1) is 11.7 Å². The zero-order chi connectivity index (χ0) is 20.2. The van der Waals surface area contributed by atoms with Crippen LogP contribution in [0.1, 0.15) is 69.8 Å². The SMILES string of the molecule is C=C(C=O)CN(C)C.CCCCCC1CCC(c2ccc(O)cc2F)CC1. The minimum atomic E-state index is -0.241. The van der Waals surface area contributed by atoms with Crippen LogP contribution in [0.2, 0.25) is 0 Å². The summed E-state index contributed by atoms with van der Waals surface area (Å²) in [6, 6.07) is 4.60. The summed E-state index contributed by atoms with van der Waals surface area (Å²) in [5.41, 5.74) is 1.42. The molecule has 1 fully saturated rings. The number of aromatic hydroxyl groups is 1. The number of likely N-dealkylation sites (N-methyl/N-ethyl adjacent to an activating group) is 1. The van der Waals surface area contributed by atoms with Gasteiger partial charge in [-0.05, 0) is 68.8 Å². The number of benzene rings is 1. The molecule has 3 nitrogen and oxygen atoms in total. The van der Waals surface area contributed by atoms with E-state index in [9.17, 15) is 14.3 Å². The number of nitrogens with zero attached hydrogens (tertiary/aromatic N) is 1. The lowest BCUT2D eigenvalue weighted by molar-refractivity contribution is -0.105. The molecule has 1 aliphatic carbocycles. The van der Waals surface area contributed by atoms with E-state index in [1.165, 1.54) is 44.6 Å². The quantitative estimate of drug-likeness (QED) is 0.359. The van der Waals surface area contributed by atoms with E-state index >= 15 is 0 Å². The Bertz CT molecular complexity index is 578. The molecule has 0 radical (unpaired) electrons. The molecule has 2 rings (SSSR count). The first-order valence-corrected chi connectivity index (χ1v) is 10.1. The molecule has 1 saturated carbocycles. The highest BCUT2D eigenvalue weighted by atomic mass is 19.1. The molecule has 1 aromatic rings. The fourth-order valence-electron chi connectivity index (χ4n) is 3.74. The average molecular weight is 378 g/mol. The van der Waals surface area contributed by atoms with Crippen molar-refractivity contribution in [2.75, 3.05) is 20.6 Å². The predicted molar refractivity (Wildman–Crippen MR) is 111 cm³/mol. The van der Waals surface area contributed by atoms with Crippen molar-refractivity contribution < 1.29 is 14.3 Å². The Morgan fingerprint density at radius 3 is 2.41 bits per heavy atom. The zero-order valence-electron chi connectivity index (χ0n) is 17.2. The van der Waals surface area contributed by atoms with Gasteiger partial charge in [-0.25, -0.2) is 4.39 Å². The molecular weight excluding hydrogens is 341 g/mol. The summed E-state index contributed by atoms with van der Waals surface area (Å²) < 4.78 is 13.8. The fourth-order valence-corrected chi connectivity index (χ4v) is 3.74. The maximum atomic E-state index is 13.8. The molecule has 152 valence electrons. The van der Waals surface area contributed by atoms with Gasteiger partial charge in [-0.3, -0.25) is 4.79 Å². The number of aldehydes is 1. The van der Waals surface area contributed by atoms with E-state index in [2.05, 4.69) is 13.5 Å². The number of phenolic OH excluding ortho intramolecular Hbond substituents is 1. The molecule has 27 heavy (non-hydrogen) atoms. The Labute approximate surface area is 164 Å². The molecule has 0 saturated heterocycles. The van der Waals surface area contributed by atoms with Crippen LogP contribution in [0.4, 0.5) is 4.39 Å². The second kappa shape index (κ2) is 12.7. The number of rotatable bonds is 8. The van der Waals surface area contributed by atoms with Gasteiger partial charge in [-0.2, -0.15) is 0 Å². The number of unbranched alkanes of at least 4 members (excludes halogenated alkanes) is 2. The molecule has 1 aromatic carbocycles. The monoisotopic (exact) mass is 377 g/mol. The maximum Gasteiger partial charge on any atom is 0.146 e. The van der Waals surface area contributed by atoms with Crippen LogP contribution in [-0.4, -0.2) is 36.9 Å². The highest BCUT2D eigenvalue weighted by molar-refractivity contribution is 5.72. The predicted octanol–water partition coefficient (Wildman–Crippen LogP) is 5.69. The summed E-state index contributed by atoms with van der Waals surface area (Å²) in [5.74, 6) is 0.981. The molecular formula is C23H36FNO2. The summed E-state index contributed by atoms with van der Waals surface area (Å²) in [6.45, 7) is 6.40. The highest BCUT2D eigenvalue weighted by Gasteiger charge is 2.24. The molecule has 0 aliphatic heterocycles. The Hall–Kier alpha value is -1.68. The third-order valence-corrected chi connectivity index (χ3v) is 5.17. The Morgan fingerprint density at radius 1 is 1.26 bits per heavy atom. The number of phenols is 1. The van der Waals surface area contributed by atoms with Gasteiger partial charge in [-0.1, -0.05) is 45.3 Å². The molecule has 0 bridgehead atoms. The fraction of sp³-hybridized carbons (Fsp3) is 0.609. The first-order valence-electron chi connectivity index (χ1n) is 10.1. The van der Waals surface area contributed by atoms with E-state index < -0.39 is 0 Å². The van der Waals surface area contributed by atoms with Gasteiger partial charge in [0.15, 0.2) is 0 Å². The normalized spacial score (nSPS) is 19.3. The number of halogens is 1. The van der Waals surface area contributed by atoms with Crippen molar-refractivity contribution in [1.29, 1.82) is 0 Å². The van der Waals surface area contributed by atoms with Crippen molar-refractivity contribution in [3.8, 4) is 5.75 Å². The lowest BCUT2D eigenvalue weighted by Gasteiger charge is -2.29. The average Bonchev–Trinajstić information content (AvgIpc) is 2.63. The van der Waals surface area contributed by atoms with Gasteiger partial charge >= 0.3 is 0 Å². The Kier molecular flexibility index (Phi) is 11.0. The van der Waals surface area contributed by atoms with E-state index in [1.807, 2.05) is 19.0 Å². The largest absolute Gasteiger partial charge is 0.508 e. The summed E-state index contributed by atoms with van der Waals surface area (Å²) in [5, 5.41) is 9.26. The second-order valence-corrected chi connectivity index (χ2v) is 7.93. The van der Waals surface area contributed by atoms with Crippen LogP contribution < -0.4 is 0 Å². The molecule has 1 N–H and O–H groups in total. The van der Waals surface area contributed by atoms with Crippen LogP contribution in [0.5, 0.6) is 5.75 Å². The van der Waals surface area contributed by atoms with Crippen LogP contribution in [-0.2, 0) is 4.79 Å². The molecule has 0 aromatic heterocycles. The van der Waals surface area contributed by atoms with Crippen molar-refractivity contribution >= 4 is 6.29 Å². The number of carbonyl (C=O) groups excluding carboxylic acids is 1. The summed E-state index contributed by atoms with van der Waals surface area (Å²) >= 11 is 0. The standard InChI is InChI=1S/C17H25FO.C6H11NO/c1-2-3-4-5-13-6-8-14(9-7-13)16-11-10-15(19)12-17(16)18;1-6(5-8)4-7(2)3/h10-14,19H,2-9H2,1H3;5H,1,4H2,2-3H3. The third kappa shape index (κ3) is 9.18. The van der Waals surface area contributed by atoms with E-state index in [0.717, 1.165) is 30.6 Å².